The van der Waals surface area contributed by atoms with Crippen LogP contribution in [0.15, 0.2) is 0 Å². The number of amides is 1. The molecule has 0 radical (unpaired) electrons. The minimum Gasteiger partial charge on any atom is -0.369 e. The second-order valence-corrected chi connectivity index (χ2v) is 4.52. The van der Waals surface area contributed by atoms with Gasteiger partial charge in [0.15, 0.2) is 0 Å². The first-order valence-electron chi connectivity index (χ1n) is 3.53. The molecule has 4 nitrogen and oxygen atoms in total. The highest BCUT2D eigenvalue weighted by Crippen LogP contribution is 2.18. The minimum absolute atomic E-state index is 0.164. The maximum Gasteiger partial charge on any atom is 0.220 e. The lowest BCUT2D eigenvalue weighted by Crippen LogP contribution is -2.39. The van der Waals surface area contributed by atoms with Crippen molar-refractivity contribution in [1.29, 1.82) is 0 Å². The average Bonchev–Trinajstić information content (AvgIpc) is 1.94. The molecule has 3 unspecified atom stereocenters. The van der Waals surface area contributed by atoms with Gasteiger partial charge < -0.3 is 11.5 Å². The highest BCUT2D eigenvalue weighted by atomic mass is 32.2. The number of rotatable bonds is 1. The second-order valence-electron chi connectivity index (χ2n) is 2.75. The third-order valence-corrected chi connectivity index (χ3v) is 3.43. The highest BCUT2D eigenvalue weighted by Gasteiger charge is 2.27. The summed E-state index contributed by atoms with van der Waals surface area (Å²) in [7, 11) is -0.952. The zero-order valence-electron chi connectivity index (χ0n) is 6.16. The topological polar surface area (TPSA) is 86.2 Å². The predicted octanol–water partition coefficient (Wildman–Crippen LogP) is -1.08. The van der Waals surface area contributed by atoms with Crippen LogP contribution < -0.4 is 11.5 Å². The van der Waals surface area contributed by atoms with Gasteiger partial charge in [0.2, 0.25) is 5.91 Å². The van der Waals surface area contributed by atoms with Gasteiger partial charge in [-0.05, 0) is 12.8 Å². The molecule has 0 aliphatic carbocycles. The first-order chi connectivity index (χ1) is 5.11. The monoisotopic (exact) mass is 176 g/mol. The Kier molecular flexibility index (Phi) is 2.62. The highest BCUT2D eigenvalue weighted by molar-refractivity contribution is 7.85. The third kappa shape index (κ3) is 2.00. The molecular weight excluding hydrogens is 164 g/mol. The summed E-state index contributed by atoms with van der Waals surface area (Å²) in [4.78, 5) is 10.7. The second kappa shape index (κ2) is 3.32. The van der Waals surface area contributed by atoms with Crippen LogP contribution in [-0.4, -0.2) is 21.2 Å². The Balaban J connectivity index is 2.52. The standard InChI is InChI=1S/C6H12N2O2S/c7-5-3-4(6(8)9)1-2-11(5)10/h4-5H,1-3,7H2,(H2,8,9). The summed E-state index contributed by atoms with van der Waals surface area (Å²) >= 11 is 0. The molecule has 11 heavy (non-hydrogen) atoms. The van der Waals surface area contributed by atoms with Crippen LogP contribution >= 0.6 is 0 Å². The molecule has 1 rings (SSSR count). The molecule has 0 saturated carbocycles. The van der Waals surface area contributed by atoms with Gasteiger partial charge in [-0.1, -0.05) is 0 Å². The van der Waals surface area contributed by atoms with Crippen molar-refractivity contribution >= 4 is 16.7 Å². The number of carbonyl (C=O) groups is 1. The van der Waals surface area contributed by atoms with Crippen molar-refractivity contribution in [1.82, 2.24) is 0 Å². The zero-order valence-corrected chi connectivity index (χ0v) is 6.97. The zero-order chi connectivity index (χ0) is 8.43. The fraction of sp³-hybridized carbons (Fsp3) is 0.833. The van der Waals surface area contributed by atoms with Crippen LogP contribution in [-0.2, 0) is 15.6 Å². The molecule has 1 aliphatic rings. The molecule has 4 N–H and O–H groups in total. The fourth-order valence-electron chi connectivity index (χ4n) is 1.17. The molecular formula is C6H12N2O2S. The molecule has 1 fully saturated rings. The normalized spacial score (nSPS) is 38.5. The van der Waals surface area contributed by atoms with Crippen LogP contribution in [0.3, 0.4) is 0 Å². The molecule has 0 aromatic heterocycles. The van der Waals surface area contributed by atoms with Crippen LogP contribution in [0.5, 0.6) is 0 Å². The van der Waals surface area contributed by atoms with Crippen molar-refractivity contribution in [2.75, 3.05) is 5.75 Å². The Morgan fingerprint density at radius 1 is 1.55 bits per heavy atom. The smallest absolute Gasteiger partial charge is 0.220 e. The van der Waals surface area contributed by atoms with E-state index >= 15 is 0 Å². The molecule has 0 bridgehead atoms. The number of hydrogen-bond donors (Lipinski definition) is 2. The largest absolute Gasteiger partial charge is 0.369 e. The van der Waals surface area contributed by atoms with E-state index in [0.29, 0.717) is 18.6 Å². The van der Waals surface area contributed by atoms with Crippen molar-refractivity contribution in [2.24, 2.45) is 17.4 Å². The molecule has 1 aliphatic heterocycles. The van der Waals surface area contributed by atoms with E-state index in [9.17, 15) is 9.00 Å². The Hall–Kier alpha value is -0.420. The van der Waals surface area contributed by atoms with Crippen molar-refractivity contribution in [2.45, 2.75) is 18.2 Å². The van der Waals surface area contributed by atoms with Crippen LogP contribution in [0.1, 0.15) is 12.8 Å². The van der Waals surface area contributed by atoms with E-state index in [0.717, 1.165) is 0 Å². The predicted molar refractivity (Wildman–Crippen MR) is 42.9 cm³/mol. The Morgan fingerprint density at radius 3 is 2.64 bits per heavy atom. The summed E-state index contributed by atoms with van der Waals surface area (Å²) in [6, 6.07) is 0. The lowest BCUT2D eigenvalue weighted by Gasteiger charge is -2.23. The van der Waals surface area contributed by atoms with Crippen molar-refractivity contribution in [3.63, 3.8) is 0 Å². The van der Waals surface area contributed by atoms with E-state index in [4.69, 9.17) is 11.5 Å². The fourth-order valence-corrected chi connectivity index (χ4v) is 2.44. The van der Waals surface area contributed by atoms with Crippen molar-refractivity contribution in [3.8, 4) is 0 Å². The quantitative estimate of drug-likeness (QED) is 0.532. The molecule has 5 heteroatoms. The van der Waals surface area contributed by atoms with Crippen molar-refractivity contribution < 1.29 is 9.00 Å². The van der Waals surface area contributed by atoms with E-state index in [1.807, 2.05) is 0 Å². The summed E-state index contributed by atoms with van der Waals surface area (Å²) in [5.41, 5.74) is 10.6. The van der Waals surface area contributed by atoms with Gasteiger partial charge in [-0.2, -0.15) is 0 Å². The third-order valence-electron chi connectivity index (χ3n) is 1.92. The lowest BCUT2D eigenvalue weighted by atomic mass is 10.0. The van der Waals surface area contributed by atoms with E-state index in [-0.39, 0.29) is 17.2 Å². The van der Waals surface area contributed by atoms with E-state index < -0.39 is 10.8 Å². The Bertz CT molecular complexity index is 195. The number of primary amides is 1. The van der Waals surface area contributed by atoms with Crippen LogP contribution in [0, 0.1) is 5.92 Å². The van der Waals surface area contributed by atoms with Gasteiger partial charge in [0.05, 0.1) is 5.37 Å². The number of nitrogens with two attached hydrogens (primary N) is 2. The number of carbonyl (C=O) groups excluding carboxylic acids is 1. The van der Waals surface area contributed by atoms with E-state index in [1.54, 1.807) is 0 Å². The molecule has 64 valence electrons. The first kappa shape index (κ1) is 8.67. The van der Waals surface area contributed by atoms with Gasteiger partial charge in [0.25, 0.3) is 0 Å². The SMILES string of the molecule is NC(=O)C1CCS(=O)C(N)C1. The molecule has 1 amide bonds. The minimum atomic E-state index is -0.952. The lowest BCUT2D eigenvalue weighted by molar-refractivity contribution is -0.122. The first-order valence-corrected chi connectivity index (χ1v) is 4.91. The number of hydrogen-bond acceptors (Lipinski definition) is 3. The van der Waals surface area contributed by atoms with Crippen LogP contribution in [0.25, 0.3) is 0 Å². The maximum atomic E-state index is 11.0. The van der Waals surface area contributed by atoms with E-state index in [2.05, 4.69) is 0 Å². The average molecular weight is 176 g/mol. The summed E-state index contributed by atoms with van der Waals surface area (Å²) in [5, 5.41) is -0.360. The Morgan fingerprint density at radius 2 is 2.18 bits per heavy atom. The van der Waals surface area contributed by atoms with Gasteiger partial charge in [0, 0.05) is 22.5 Å². The molecule has 1 saturated heterocycles. The summed E-state index contributed by atoms with van der Waals surface area (Å²) in [6.07, 6.45) is 1.09. The van der Waals surface area contributed by atoms with E-state index in [1.165, 1.54) is 0 Å². The van der Waals surface area contributed by atoms with Gasteiger partial charge in [-0.15, -0.1) is 0 Å². The molecule has 0 aromatic carbocycles. The van der Waals surface area contributed by atoms with Gasteiger partial charge in [-0.25, -0.2) is 0 Å². The summed E-state index contributed by atoms with van der Waals surface area (Å²) < 4.78 is 11.0. The molecule has 0 aromatic rings. The molecule has 1 heterocycles. The maximum absolute atomic E-state index is 11.0. The van der Waals surface area contributed by atoms with Gasteiger partial charge in [0.1, 0.15) is 0 Å². The molecule has 0 spiro atoms. The Labute approximate surface area is 67.8 Å². The van der Waals surface area contributed by atoms with Gasteiger partial charge >= 0.3 is 0 Å². The van der Waals surface area contributed by atoms with Crippen molar-refractivity contribution in [3.05, 3.63) is 0 Å². The van der Waals surface area contributed by atoms with Gasteiger partial charge in [-0.3, -0.25) is 9.00 Å². The van der Waals surface area contributed by atoms with Crippen LogP contribution in [0.4, 0.5) is 0 Å². The summed E-state index contributed by atoms with van der Waals surface area (Å²) in [6.45, 7) is 0. The van der Waals surface area contributed by atoms with Crippen LogP contribution in [0.2, 0.25) is 0 Å². The summed E-state index contributed by atoms with van der Waals surface area (Å²) in [5.74, 6) is 0.0225. The molecule has 3 atom stereocenters.